The summed E-state index contributed by atoms with van der Waals surface area (Å²) in [6.07, 6.45) is 0.423. The van der Waals surface area contributed by atoms with Crippen molar-refractivity contribution in [2.24, 2.45) is 5.41 Å². The molecule has 0 bridgehead atoms. The van der Waals surface area contributed by atoms with Crippen LogP contribution in [0.3, 0.4) is 0 Å². The van der Waals surface area contributed by atoms with Crippen molar-refractivity contribution in [2.75, 3.05) is 0 Å². The van der Waals surface area contributed by atoms with Crippen LogP contribution >= 0.6 is 11.6 Å². The van der Waals surface area contributed by atoms with E-state index >= 15 is 0 Å². The first-order valence-corrected chi connectivity index (χ1v) is 7.83. The second-order valence-electron chi connectivity index (χ2n) is 5.52. The first-order chi connectivity index (χ1) is 8.64. The summed E-state index contributed by atoms with van der Waals surface area (Å²) in [6, 6.07) is 4.69. The number of hydrogen-bond donors (Lipinski definition) is 1. The molecule has 2 rings (SSSR count). The third-order valence-corrected chi connectivity index (χ3v) is 5.99. The summed E-state index contributed by atoms with van der Waals surface area (Å²) in [6.45, 7) is 3.08. The molecule has 1 aliphatic rings. The fourth-order valence-corrected chi connectivity index (χ4v) is 4.71. The van der Waals surface area contributed by atoms with Gasteiger partial charge in [0, 0.05) is 5.02 Å². The third kappa shape index (κ3) is 2.49. The van der Waals surface area contributed by atoms with Gasteiger partial charge in [0.1, 0.15) is 0 Å². The summed E-state index contributed by atoms with van der Waals surface area (Å²) in [5.74, 6) is -0.989. The molecule has 1 atom stereocenters. The number of carbonyl (C=O) groups is 1. The van der Waals surface area contributed by atoms with Gasteiger partial charge in [-0.1, -0.05) is 11.6 Å². The first kappa shape index (κ1) is 14.3. The van der Waals surface area contributed by atoms with Crippen molar-refractivity contribution in [1.29, 1.82) is 0 Å². The van der Waals surface area contributed by atoms with Gasteiger partial charge in [0.2, 0.25) is 0 Å². The van der Waals surface area contributed by atoms with Crippen LogP contribution in [0.1, 0.15) is 25.8 Å². The molecule has 1 heterocycles. The number of carboxylic acids is 1. The molecule has 0 aromatic heterocycles. The van der Waals surface area contributed by atoms with E-state index in [1.165, 1.54) is 6.07 Å². The van der Waals surface area contributed by atoms with Crippen LogP contribution in [0.5, 0.6) is 0 Å². The van der Waals surface area contributed by atoms with Gasteiger partial charge in [0.15, 0.2) is 9.84 Å². The van der Waals surface area contributed by atoms with Gasteiger partial charge in [-0.2, -0.15) is 0 Å². The Kier molecular flexibility index (Phi) is 3.39. The standard InChI is InChI=1S/C13H15ClO4S/c1-13(2,12(15)16)7-10-6-8-5-9(14)3-4-11(8)19(10,17)18/h3-5,10H,6-7H2,1-2H3,(H,15,16). The van der Waals surface area contributed by atoms with Crippen molar-refractivity contribution >= 4 is 27.4 Å². The topological polar surface area (TPSA) is 71.4 Å². The van der Waals surface area contributed by atoms with Crippen LogP contribution in [0.25, 0.3) is 0 Å². The number of fused-ring (bicyclic) bond motifs is 1. The molecular formula is C13H15ClO4S. The van der Waals surface area contributed by atoms with Crippen molar-refractivity contribution in [3.05, 3.63) is 28.8 Å². The van der Waals surface area contributed by atoms with Crippen molar-refractivity contribution in [3.63, 3.8) is 0 Å². The molecular weight excluding hydrogens is 288 g/mol. The normalized spacial score (nSPS) is 21.1. The molecule has 1 aromatic rings. The second-order valence-corrected chi connectivity index (χ2v) is 8.15. The zero-order chi connectivity index (χ0) is 14.4. The molecule has 1 aliphatic heterocycles. The van der Waals surface area contributed by atoms with E-state index in [1.54, 1.807) is 26.0 Å². The molecule has 0 fully saturated rings. The second kappa shape index (κ2) is 4.49. The summed E-state index contributed by atoms with van der Waals surface area (Å²) in [5.41, 5.74) is -0.387. The molecule has 0 saturated heterocycles. The molecule has 104 valence electrons. The Labute approximate surface area is 117 Å². The zero-order valence-corrected chi connectivity index (χ0v) is 12.3. The molecule has 6 heteroatoms. The van der Waals surface area contributed by atoms with E-state index in [2.05, 4.69) is 0 Å². The van der Waals surface area contributed by atoms with Crippen LogP contribution in [0.4, 0.5) is 0 Å². The lowest BCUT2D eigenvalue weighted by molar-refractivity contribution is -0.147. The molecule has 1 aromatic carbocycles. The quantitative estimate of drug-likeness (QED) is 0.931. The molecule has 1 N–H and O–H groups in total. The van der Waals surface area contributed by atoms with Crippen molar-refractivity contribution < 1.29 is 18.3 Å². The summed E-state index contributed by atoms with van der Waals surface area (Å²) < 4.78 is 24.7. The Morgan fingerprint density at radius 3 is 2.68 bits per heavy atom. The van der Waals surface area contributed by atoms with E-state index in [1.807, 2.05) is 0 Å². The summed E-state index contributed by atoms with van der Waals surface area (Å²) in [5, 5.41) is 8.92. The van der Waals surface area contributed by atoms with Gasteiger partial charge in [0.25, 0.3) is 0 Å². The molecule has 1 unspecified atom stereocenters. The summed E-state index contributed by atoms with van der Waals surface area (Å²) in [7, 11) is -3.45. The Balaban J connectivity index is 2.36. The maximum absolute atomic E-state index is 12.4. The lowest BCUT2D eigenvalue weighted by Crippen LogP contribution is -2.31. The monoisotopic (exact) mass is 302 g/mol. The SMILES string of the molecule is CC(C)(CC1Cc2cc(Cl)ccc2S1(=O)=O)C(=O)O. The minimum Gasteiger partial charge on any atom is -0.481 e. The highest BCUT2D eigenvalue weighted by Gasteiger charge is 2.42. The highest BCUT2D eigenvalue weighted by molar-refractivity contribution is 7.92. The highest BCUT2D eigenvalue weighted by Crippen LogP contribution is 2.38. The average molecular weight is 303 g/mol. The van der Waals surface area contributed by atoms with Gasteiger partial charge >= 0.3 is 5.97 Å². The smallest absolute Gasteiger partial charge is 0.309 e. The molecule has 0 amide bonds. The van der Waals surface area contributed by atoms with Crippen molar-refractivity contribution in [1.82, 2.24) is 0 Å². The van der Waals surface area contributed by atoms with Crippen LogP contribution in [0, 0.1) is 5.41 Å². The van der Waals surface area contributed by atoms with E-state index in [9.17, 15) is 13.2 Å². The van der Waals surface area contributed by atoms with Gasteiger partial charge < -0.3 is 5.11 Å². The Morgan fingerprint density at radius 1 is 1.47 bits per heavy atom. The van der Waals surface area contributed by atoms with E-state index in [-0.39, 0.29) is 11.3 Å². The fraction of sp³-hybridized carbons (Fsp3) is 0.462. The molecule has 0 radical (unpaired) electrons. The van der Waals surface area contributed by atoms with Crippen molar-refractivity contribution in [2.45, 2.75) is 36.8 Å². The maximum atomic E-state index is 12.4. The highest BCUT2D eigenvalue weighted by atomic mass is 35.5. The maximum Gasteiger partial charge on any atom is 0.309 e. The number of carboxylic acid groups (broad SMARTS) is 1. The van der Waals surface area contributed by atoms with Crippen LogP contribution in [-0.2, 0) is 21.1 Å². The van der Waals surface area contributed by atoms with E-state index in [0.29, 0.717) is 17.0 Å². The number of benzene rings is 1. The van der Waals surface area contributed by atoms with E-state index in [0.717, 1.165) is 0 Å². The first-order valence-electron chi connectivity index (χ1n) is 5.90. The lowest BCUT2D eigenvalue weighted by atomic mass is 9.86. The van der Waals surface area contributed by atoms with Crippen LogP contribution < -0.4 is 0 Å². The van der Waals surface area contributed by atoms with Gasteiger partial charge in [-0.25, -0.2) is 8.42 Å². The summed E-state index contributed by atoms with van der Waals surface area (Å²) in [4.78, 5) is 11.4. The minimum absolute atomic E-state index is 0.0942. The van der Waals surface area contributed by atoms with E-state index < -0.39 is 26.5 Å². The van der Waals surface area contributed by atoms with Gasteiger partial charge in [-0.3, -0.25) is 4.79 Å². The molecule has 4 nitrogen and oxygen atoms in total. The molecule has 0 spiro atoms. The van der Waals surface area contributed by atoms with Gasteiger partial charge in [0.05, 0.1) is 15.6 Å². The number of hydrogen-bond acceptors (Lipinski definition) is 3. The minimum atomic E-state index is -3.45. The van der Waals surface area contributed by atoms with Crippen LogP contribution in [0.15, 0.2) is 23.1 Å². The van der Waals surface area contributed by atoms with Crippen LogP contribution in [-0.4, -0.2) is 24.7 Å². The Bertz CT molecular complexity index is 634. The van der Waals surface area contributed by atoms with Gasteiger partial charge in [-0.15, -0.1) is 0 Å². The van der Waals surface area contributed by atoms with Crippen LogP contribution in [0.2, 0.25) is 5.02 Å². The Morgan fingerprint density at radius 2 is 2.11 bits per heavy atom. The number of sulfone groups is 1. The molecule has 0 aliphatic carbocycles. The largest absolute Gasteiger partial charge is 0.481 e. The number of aliphatic carboxylic acids is 1. The number of rotatable bonds is 3. The fourth-order valence-electron chi connectivity index (χ4n) is 2.36. The lowest BCUT2D eigenvalue weighted by Gasteiger charge is -2.22. The van der Waals surface area contributed by atoms with Crippen molar-refractivity contribution in [3.8, 4) is 0 Å². The molecule has 19 heavy (non-hydrogen) atoms. The van der Waals surface area contributed by atoms with E-state index in [4.69, 9.17) is 16.7 Å². The number of halogens is 1. The third-order valence-electron chi connectivity index (χ3n) is 3.53. The molecule has 0 saturated carbocycles. The predicted octanol–water partition coefficient (Wildman–Crippen LogP) is 2.54. The average Bonchev–Trinajstić information content (AvgIpc) is 2.49. The zero-order valence-electron chi connectivity index (χ0n) is 10.7. The summed E-state index contributed by atoms with van der Waals surface area (Å²) >= 11 is 5.86. The predicted molar refractivity (Wildman–Crippen MR) is 72.2 cm³/mol. The Hall–Kier alpha value is -1.07. The van der Waals surface area contributed by atoms with Gasteiger partial charge in [-0.05, 0) is 50.5 Å².